The number of benzene rings is 2. The molecule has 0 atom stereocenters. The number of carbonyl (C=O) groups excluding carboxylic acids is 1. The molecule has 4 rings (SSSR count). The number of halogens is 1. The second-order valence-corrected chi connectivity index (χ2v) is 8.36. The lowest BCUT2D eigenvalue weighted by Crippen LogP contribution is -2.35. The lowest BCUT2D eigenvalue weighted by atomic mass is 10.2. The Labute approximate surface area is 179 Å². The Kier molecular flexibility index (Phi) is 6.25. The number of aryl methyl sites for hydroxylation is 1. The molecule has 1 aromatic heterocycles. The number of hydrogen-bond donors (Lipinski definition) is 1. The first-order valence-electron chi connectivity index (χ1n) is 9.53. The number of ether oxygens (including phenoxy) is 1. The van der Waals surface area contributed by atoms with Gasteiger partial charge >= 0.3 is 0 Å². The summed E-state index contributed by atoms with van der Waals surface area (Å²) in [4.78, 5) is 20.3. The fourth-order valence-corrected chi connectivity index (χ4v) is 4.54. The number of morpholine rings is 1. The molecule has 29 heavy (non-hydrogen) atoms. The van der Waals surface area contributed by atoms with Crippen molar-refractivity contribution in [3.63, 3.8) is 0 Å². The molecule has 0 unspecified atom stereocenters. The van der Waals surface area contributed by atoms with E-state index in [1.54, 1.807) is 0 Å². The normalized spacial score (nSPS) is 14.7. The zero-order chi connectivity index (χ0) is 20.2. The highest BCUT2D eigenvalue weighted by Crippen LogP contribution is 2.33. The van der Waals surface area contributed by atoms with Crippen molar-refractivity contribution in [1.29, 1.82) is 0 Å². The van der Waals surface area contributed by atoms with E-state index >= 15 is 0 Å². The first-order valence-corrected chi connectivity index (χ1v) is 10.7. The number of nitrogens with one attached hydrogen (secondary N) is 1. The van der Waals surface area contributed by atoms with Crippen LogP contribution < -0.4 is 5.32 Å². The summed E-state index contributed by atoms with van der Waals surface area (Å²) in [5.74, 6) is -0.153. The lowest BCUT2D eigenvalue weighted by molar-refractivity contribution is 0.0342. The van der Waals surface area contributed by atoms with Crippen molar-refractivity contribution < 1.29 is 9.53 Å². The number of amides is 1. The van der Waals surface area contributed by atoms with E-state index in [-0.39, 0.29) is 5.91 Å². The smallest absolute Gasteiger partial charge is 0.267 e. The van der Waals surface area contributed by atoms with Gasteiger partial charge in [-0.3, -0.25) is 9.69 Å². The fourth-order valence-electron chi connectivity index (χ4n) is 3.26. The Hall–Kier alpha value is -2.25. The van der Waals surface area contributed by atoms with Crippen LogP contribution in [0, 0.1) is 6.92 Å². The third-order valence-electron chi connectivity index (χ3n) is 4.83. The molecule has 0 saturated carbocycles. The van der Waals surface area contributed by atoms with E-state index in [1.165, 1.54) is 16.9 Å². The van der Waals surface area contributed by atoms with Crippen LogP contribution in [0.1, 0.15) is 20.9 Å². The lowest BCUT2D eigenvalue weighted by Gasteiger charge is -2.26. The van der Waals surface area contributed by atoms with Gasteiger partial charge in [0.15, 0.2) is 0 Å². The maximum absolute atomic E-state index is 12.8. The summed E-state index contributed by atoms with van der Waals surface area (Å²) in [6, 6.07) is 15.5. The van der Waals surface area contributed by atoms with Crippen LogP contribution in [0.4, 0.5) is 5.69 Å². The average molecular weight is 428 g/mol. The molecule has 1 aliphatic rings. The Balaban J connectivity index is 1.43. The van der Waals surface area contributed by atoms with Gasteiger partial charge in [0.25, 0.3) is 5.91 Å². The number of rotatable bonds is 5. The Morgan fingerprint density at radius 2 is 1.90 bits per heavy atom. The van der Waals surface area contributed by atoms with Gasteiger partial charge in [-0.25, -0.2) is 4.98 Å². The van der Waals surface area contributed by atoms with E-state index in [0.29, 0.717) is 15.6 Å². The summed E-state index contributed by atoms with van der Waals surface area (Å²) in [6.45, 7) is 6.23. The minimum Gasteiger partial charge on any atom is -0.379 e. The predicted molar refractivity (Wildman–Crippen MR) is 118 cm³/mol. The van der Waals surface area contributed by atoms with Crippen molar-refractivity contribution in [3.8, 4) is 10.6 Å². The van der Waals surface area contributed by atoms with E-state index in [1.807, 2.05) is 43.3 Å². The maximum Gasteiger partial charge on any atom is 0.267 e. The number of thiazole rings is 1. The SMILES string of the molecule is Cc1nc(-c2ccccc2Cl)sc1C(=O)Nc1ccc(CN2CCOCC2)cc1. The molecule has 1 amide bonds. The molecule has 7 heteroatoms. The molecule has 1 aliphatic heterocycles. The van der Waals surface area contributed by atoms with Crippen LogP contribution >= 0.6 is 22.9 Å². The van der Waals surface area contributed by atoms with Crippen LogP contribution in [0.25, 0.3) is 10.6 Å². The summed E-state index contributed by atoms with van der Waals surface area (Å²) in [5, 5.41) is 4.35. The van der Waals surface area contributed by atoms with Gasteiger partial charge < -0.3 is 10.1 Å². The molecule has 150 valence electrons. The monoisotopic (exact) mass is 427 g/mol. The summed E-state index contributed by atoms with van der Waals surface area (Å²) in [5.41, 5.74) is 3.54. The molecular weight excluding hydrogens is 406 g/mol. The quantitative estimate of drug-likeness (QED) is 0.632. The van der Waals surface area contributed by atoms with Gasteiger partial charge in [0, 0.05) is 30.9 Å². The van der Waals surface area contributed by atoms with Crippen LogP contribution in [0.2, 0.25) is 5.02 Å². The average Bonchev–Trinajstić information content (AvgIpc) is 3.12. The summed E-state index contributed by atoms with van der Waals surface area (Å²) in [7, 11) is 0. The molecule has 1 fully saturated rings. The number of aromatic nitrogens is 1. The van der Waals surface area contributed by atoms with E-state index < -0.39 is 0 Å². The largest absolute Gasteiger partial charge is 0.379 e. The zero-order valence-electron chi connectivity index (χ0n) is 16.2. The van der Waals surface area contributed by atoms with Crippen molar-refractivity contribution in [2.75, 3.05) is 31.6 Å². The molecule has 0 aliphatic carbocycles. The van der Waals surface area contributed by atoms with Crippen molar-refractivity contribution in [2.24, 2.45) is 0 Å². The second-order valence-electron chi connectivity index (χ2n) is 6.95. The number of carbonyl (C=O) groups is 1. The topological polar surface area (TPSA) is 54.5 Å². The second kappa shape index (κ2) is 9.05. The first-order chi connectivity index (χ1) is 14.1. The Morgan fingerprint density at radius 3 is 2.62 bits per heavy atom. The molecule has 2 aromatic carbocycles. The molecule has 0 spiro atoms. The molecule has 1 saturated heterocycles. The van der Waals surface area contributed by atoms with Gasteiger partial charge in [0.1, 0.15) is 9.88 Å². The number of anilines is 1. The van der Waals surface area contributed by atoms with Gasteiger partial charge in [-0.2, -0.15) is 0 Å². The van der Waals surface area contributed by atoms with Crippen molar-refractivity contribution >= 4 is 34.5 Å². The third-order valence-corrected chi connectivity index (χ3v) is 6.35. The van der Waals surface area contributed by atoms with E-state index in [9.17, 15) is 4.79 Å². The van der Waals surface area contributed by atoms with Gasteiger partial charge in [-0.05, 0) is 30.7 Å². The van der Waals surface area contributed by atoms with Crippen LogP contribution in [0.15, 0.2) is 48.5 Å². The first kappa shape index (κ1) is 20.0. The molecule has 5 nitrogen and oxygen atoms in total. The Morgan fingerprint density at radius 1 is 1.17 bits per heavy atom. The fraction of sp³-hybridized carbons (Fsp3) is 0.273. The van der Waals surface area contributed by atoms with Gasteiger partial charge in [-0.15, -0.1) is 11.3 Å². The highest BCUT2D eigenvalue weighted by Gasteiger charge is 2.18. The van der Waals surface area contributed by atoms with Gasteiger partial charge in [0.05, 0.1) is 23.9 Å². The zero-order valence-corrected chi connectivity index (χ0v) is 17.7. The van der Waals surface area contributed by atoms with Crippen molar-refractivity contribution in [1.82, 2.24) is 9.88 Å². The number of hydrogen-bond acceptors (Lipinski definition) is 5. The van der Waals surface area contributed by atoms with E-state index in [2.05, 4.69) is 27.3 Å². The predicted octanol–water partition coefficient (Wildman–Crippen LogP) is 4.86. The molecular formula is C22H22ClN3O2S. The third kappa shape index (κ3) is 4.85. The summed E-state index contributed by atoms with van der Waals surface area (Å²) in [6.07, 6.45) is 0. The molecule has 1 N–H and O–H groups in total. The summed E-state index contributed by atoms with van der Waals surface area (Å²) >= 11 is 7.62. The minimum atomic E-state index is -0.153. The van der Waals surface area contributed by atoms with E-state index in [0.717, 1.165) is 49.1 Å². The van der Waals surface area contributed by atoms with Crippen molar-refractivity contribution in [2.45, 2.75) is 13.5 Å². The highest BCUT2D eigenvalue weighted by molar-refractivity contribution is 7.17. The molecule has 0 bridgehead atoms. The van der Waals surface area contributed by atoms with Crippen LogP contribution in [0.3, 0.4) is 0 Å². The standard InChI is InChI=1S/C22H22ClN3O2S/c1-15-20(29-22(24-15)18-4-2-3-5-19(18)23)21(27)25-17-8-6-16(7-9-17)14-26-10-12-28-13-11-26/h2-9H,10-14H2,1H3,(H,25,27). The van der Waals surface area contributed by atoms with Gasteiger partial charge in [0.2, 0.25) is 0 Å². The molecule has 2 heterocycles. The van der Waals surface area contributed by atoms with Crippen molar-refractivity contribution in [3.05, 3.63) is 69.7 Å². The van der Waals surface area contributed by atoms with E-state index in [4.69, 9.17) is 16.3 Å². The summed E-state index contributed by atoms with van der Waals surface area (Å²) < 4.78 is 5.39. The van der Waals surface area contributed by atoms with Crippen LogP contribution in [-0.4, -0.2) is 42.1 Å². The van der Waals surface area contributed by atoms with Crippen LogP contribution in [-0.2, 0) is 11.3 Å². The maximum atomic E-state index is 12.8. The van der Waals surface area contributed by atoms with Crippen LogP contribution in [0.5, 0.6) is 0 Å². The Bertz CT molecular complexity index is 998. The molecule has 0 radical (unpaired) electrons. The molecule has 3 aromatic rings. The highest BCUT2D eigenvalue weighted by atomic mass is 35.5. The minimum absolute atomic E-state index is 0.153. The van der Waals surface area contributed by atoms with Gasteiger partial charge in [-0.1, -0.05) is 41.9 Å². The number of nitrogens with zero attached hydrogens (tertiary/aromatic N) is 2.